The minimum Gasteiger partial charge on any atom is -0.360 e. The fourth-order valence-electron chi connectivity index (χ4n) is 6.36. The summed E-state index contributed by atoms with van der Waals surface area (Å²) < 4.78 is 9.73. The number of nitrogens with one attached hydrogen (secondary N) is 1. The Bertz CT molecular complexity index is 1660. The Hall–Kier alpha value is -3.61. The number of piperidine rings is 1. The molecule has 12 heteroatoms. The molecule has 5 heterocycles. The zero-order valence-electron chi connectivity index (χ0n) is 26.5. The number of amides is 2. The number of hydrogen-bond acceptors (Lipinski definition) is 7. The minimum absolute atomic E-state index is 0.198. The average Bonchev–Trinajstić information content (AvgIpc) is 3.72. The Kier molecular flexibility index (Phi) is 8.58. The van der Waals surface area contributed by atoms with Gasteiger partial charge in [0, 0.05) is 50.9 Å². The molecule has 234 valence electrons. The number of anilines is 1. The summed E-state index contributed by atoms with van der Waals surface area (Å²) in [4.78, 5) is 35.7. The van der Waals surface area contributed by atoms with E-state index in [1.165, 1.54) is 0 Å². The van der Waals surface area contributed by atoms with E-state index in [1.807, 2.05) is 0 Å². The highest BCUT2D eigenvalue weighted by atomic mass is 28.3. The summed E-state index contributed by atoms with van der Waals surface area (Å²) in [5.41, 5.74) is 3.06. The van der Waals surface area contributed by atoms with E-state index < -0.39 is 19.9 Å². The number of fused-ring (bicyclic) bond motifs is 2. The van der Waals surface area contributed by atoms with Gasteiger partial charge in [0.1, 0.15) is 6.73 Å². The maximum Gasteiger partial charge on any atom is 0.314 e. The van der Waals surface area contributed by atoms with Crippen LogP contribution in [0.3, 0.4) is 0 Å². The second-order valence-electron chi connectivity index (χ2n) is 13.9. The molecule has 3 aromatic heterocycles. The summed E-state index contributed by atoms with van der Waals surface area (Å²) in [5, 5.41) is 14.1. The van der Waals surface area contributed by atoms with Crippen LogP contribution in [0.25, 0.3) is 21.8 Å². The summed E-state index contributed by atoms with van der Waals surface area (Å²) in [6.07, 6.45) is 9.95. The summed E-state index contributed by atoms with van der Waals surface area (Å²) in [6.45, 7) is 12.6. The van der Waals surface area contributed by atoms with Crippen LogP contribution in [0.5, 0.6) is 0 Å². The number of carbonyl (C=O) groups excluding carboxylic acids is 2. The Morgan fingerprint density at radius 2 is 1.91 bits per heavy atom. The molecule has 2 aliphatic rings. The van der Waals surface area contributed by atoms with Crippen molar-refractivity contribution < 1.29 is 14.3 Å². The van der Waals surface area contributed by atoms with Crippen molar-refractivity contribution in [3.05, 3.63) is 48.5 Å². The van der Waals surface area contributed by atoms with Gasteiger partial charge in [0.15, 0.2) is 0 Å². The number of likely N-dealkylation sites (tertiary alicyclic amines) is 2. The first-order valence-electron chi connectivity index (χ1n) is 15.7. The third kappa shape index (κ3) is 6.57. The molecule has 1 N–H and O–H groups in total. The highest BCUT2D eigenvalue weighted by Crippen LogP contribution is 2.35. The topological polar surface area (TPSA) is 110 Å². The average molecular weight is 617 g/mol. The summed E-state index contributed by atoms with van der Waals surface area (Å²) in [6, 6.07) is 7.49. The van der Waals surface area contributed by atoms with Crippen LogP contribution in [-0.4, -0.2) is 87.5 Å². The third-order valence-electron chi connectivity index (χ3n) is 8.95. The summed E-state index contributed by atoms with van der Waals surface area (Å²) in [7, 11) is 0.921. The summed E-state index contributed by atoms with van der Waals surface area (Å²) in [5.74, 6) is -0.928. The molecule has 0 unspecified atom stereocenters. The Morgan fingerprint density at radius 3 is 2.68 bits per heavy atom. The zero-order chi connectivity index (χ0) is 31.0. The van der Waals surface area contributed by atoms with Gasteiger partial charge in [-0.05, 0) is 56.4 Å². The fourth-order valence-corrected chi connectivity index (χ4v) is 7.12. The van der Waals surface area contributed by atoms with Crippen LogP contribution in [0, 0.1) is 5.92 Å². The molecule has 0 saturated carbocycles. The number of likely N-dealkylation sites (N-methyl/N-ethyl adjacent to an activating group) is 1. The predicted octanol–water partition coefficient (Wildman–Crippen LogP) is 4.91. The lowest BCUT2D eigenvalue weighted by atomic mass is 9.89. The van der Waals surface area contributed by atoms with E-state index in [9.17, 15) is 9.59 Å². The SMILES string of the molecule is C[C@H]1CC[C@H](c2ccc3cn([C@@H]4CCN(C)C4)nc3c2)N(C(=O)C(=O)Nc2cncc3cnn(COCC[Si](C)(C)C)c23)C1. The lowest BCUT2D eigenvalue weighted by molar-refractivity contribution is -0.146. The number of ether oxygens (including phenoxy) is 1. The molecule has 3 atom stereocenters. The van der Waals surface area contributed by atoms with Gasteiger partial charge in [-0.2, -0.15) is 10.2 Å². The van der Waals surface area contributed by atoms with Crippen LogP contribution in [0.1, 0.15) is 43.8 Å². The molecule has 2 fully saturated rings. The Balaban J connectivity index is 1.19. The third-order valence-corrected chi connectivity index (χ3v) is 10.6. The first-order chi connectivity index (χ1) is 21.1. The second kappa shape index (κ2) is 12.4. The van der Waals surface area contributed by atoms with Crippen molar-refractivity contribution in [1.82, 2.24) is 34.3 Å². The van der Waals surface area contributed by atoms with Crippen molar-refractivity contribution in [3.8, 4) is 0 Å². The zero-order valence-corrected chi connectivity index (χ0v) is 27.5. The molecule has 0 aliphatic carbocycles. The van der Waals surface area contributed by atoms with Crippen LogP contribution in [0.15, 0.2) is 43.0 Å². The maximum atomic E-state index is 13.8. The van der Waals surface area contributed by atoms with E-state index in [1.54, 1.807) is 28.2 Å². The molecule has 0 radical (unpaired) electrons. The van der Waals surface area contributed by atoms with Gasteiger partial charge in [-0.3, -0.25) is 19.3 Å². The quantitative estimate of drug-likeness (QED) is 0.170. The number of nitrogens with zero attached hydrogens (tertiary/aromatic N) is 7. The van der Waals surface area contributed by atoms with Crippen molar-refractivity contribution in [2.45, 2.75) is 70.7 Å². The van der Waals surface area contributed by atoms with Gasteiger partial charge in [-0.15, -0.1) is 0 Å². The van der Waals surface area contributed by atoms with E-state index in [2.05, 4.69) is 83.0 Å². The lowest BCUT2D eigenvalue weighted by Gasteiger charge is -2.38. The molecule has 0 spiro atoms. The number of carbonyl (C=O) groups is 2. The molecule has 2 saturated heterocycles. The van der Waals surface area contributed by atoms with Crippen LogP contribution < -0.4 is 5.32 Å². The Morgan fingerprint density at radius 1 is 1.07 bits per heavy atom. The molecular weight excluding hydrogens is 572 g/mol. The number of aromatic nitrogens is 5. The fraction of sp³-hybridized carbons (Fsp3) is 0.531. The molecule has 1 aromatic carbocycles. The number of hydrogen-bond donors (Lipinski definition) is 1. The molecule has 2 aliphatic heterocycles. The molecular formula is C32H44N8O3Si. The van der Waals surface area contributed by atoms with Crippen molar-refractivity contribution in [2.24, 2.45) is 5.92 Å². The largest absolute Gasteiger partial charge is 0.360 e. The van der Waals surface area contributed by atoms with Crippen LogP contribution in [0.4, 0.5) is 5.69 Å². The van der Waals surface area contributed by atoms with Gasteiger partial charge in [0.05, 0.1) is 41.2 Å². The maximum absolute atomic E-state index is 13.8. The monoisotopic (exact) mass is 616 g/mol. The number of benzene rings is 1. The van der Waals surface area contributed by atoms with Gasteiger partial charge in [0.25, 0.3) is 0 Å². The predicted molar refractivity (Wildman–Crippen MR) is 174 cm³/mol. The van der Waals surface area contributed by atoms with E-state index >= 15 is 0 Å². The van der Waals surface area contributed by atoms with Crippen LogP contribution >= 0.6 is 0 Å². The summed E-state index contributed by atoms with van der Waals surface area (Å²) >= 11 is 0. The lowest BCUT2D eigenvalue weighted by Crippen LogP contribution is -2.46. The highest BCUT2D eigenvalue weighted by molar-refractivity contribution is 6.76. The van der Waals surface area contributed by atoms with Crippen molar-refractivity contribution >= 4 is 47.4 Å². The van der Waals surface area contributed by atoms with E-state index in [-0.39, 0.29) is 12.8 Å². The highest BCUT2D eigenvalue weighted by Gasteiger charge is 2.35. The van der Waals surface area contributed by atoms with Gasteiger partial charge >= 0.3 is 11.8 Å². The molecule has 44 heavy (non-hydrogen) atoms. The minimum atomic E-state index is -1.22. The first kappa shape index (κ1) is 30.4. The van der Waals surface area contributed by atoms with Crippen LogP contribution in [0.2, 0.25) is 25.7 Å². The molecule has 0 bridgehead atoms. The van der Waals surface area contributed by atoms with Crippen LogP contribution in [-0.2, 0) is 21.1 Å². The van der Waals surface area contributed by atoms with E-state index in [4.69, 9.17) is 9.84 Å². The molecule has 4 aromatic rings. The van der Waals surface area contributed by atoms with Gasteiger partial charge in [0.2, 0.25) is 0 Å². The Labute approximate surface area is 259 Å². The van der Waals surface area contributed by atoms with E-state index in [0.29, 0.717) is 36.3 Å². The normalized spacial score (nSPS) is 21.4. The van der Waals surface area contributed by atoms with Crippen molar-refractivity contribution in [2.75, 3.05) is 38.6 Å². The van der Waals surface area contributed by atoms with Gasteiger partial charge < -0.3 is 19.9 Å². The van der Waals surface area contributed by atoms with E-state index in [0.717, 1.165) is 60.2 Å². The second-order valence-corrected chi connectivity index (χ2v) is 19.5. The molecule has 6 rings (SSSR count). The van der Waals surface area contributed by atoms with Gasteiger partial charge in [-0.25, -0.2) is 4.68 Å². The first-order valence-corrected chi connectivity index (χ1v) is 19.4. The van der Waals surface area contributed by atoms with Crippen molar-refractivity contribution in [1.29, 1.82) is 0 Å². The number of rotatable bonds is 8. The van der Waals surface area contributed by atoms with Gasteiger partial charge in [-0.1, -0.05) is 38.7 Å². The molecule has 11 nitrogen and oxygen atoms in total. The van der Waals surface area contributed by atoms with Crippen molar-refractivity contribution in [3.63, 3.8) is 0 Å². The number of pyridine rings is 1. The molecule has 2 amide bonds. The standard InChI is InChI=1S/C32H44N8O3Si/c1-22-6-9-29(23-7-8-24-19-39(36-27(24)14-23)26-10-11-37(2)20-26)38(18-22)32(42)31(41)35-28-17-33-15-25-16-34-40(30(25)28)21-43-12-13-44(3,4)5/h7-8,14-17,19,22,26,29H,6,9-13,18,20-21H2,1-5H3,(H,35,41)/t22-,26+,29+/m0/s1. The smallest absolute Gasteiger partial charge is 0.314 e.